The predicted octanol–water partition coefficient (Wildman–Crippen LogP) is 3.81. The number of fused-ring (bicyclic) bond motifs is 2. The van der Waals surface area contributed by atoms with Gasteiger partial charge in [-0.1, -0.05) is 18.2 Å². The van der Waals surface area contributed by atoms with Crippen molar-refractivity contribution in [2.75, 3.05) is 0 Å². The maximum Gasteiger partial charge on any atom is 0.573 e. The van der Waals surface area contributed by atoms with E-state index in [4.69, 9.17) is 4.74 Å². The Morgan fingerprint density at radius 1 is 1.09 bits per heavy atom. The Morgan fingerprint density at radius 3 is 2.36 bits per heavy atom. The second-order valence-corrected chi connectivity index (χ2v) is 5.70. The fourth-order valence-electron chi connectivity index (χ4n) is 3.20. The fourth-order valence-corrected chi connectivity index (χ4v) is 3.20. The van der Waals surface area contributed by atoms with Gasteiger partial charge < -0.3 is 14.8 Å². The Balaban J connectivity index is 0.00000176. The average Bonchev–Trinajstić information content (AvgIpc) is 2.75. The first-order chi connectivity index (χ1) is 9.99. The molecule has 7 heteroatoms. The molecular formula is C15H19ClF3NO2. The van der Waals surface area contributed by atoms with Crippen molar-refractivity contribution in [3.05, 3.63) is 29.8 Å². The van der Waals surface area contributed by atoms with Crippen LogP contribution in [-0.4, -0.2) is 24.6 Å². The van der Waals surface area contributed by atoms with Crippen LogP contribution in [-0.2, 0) is 11.3 Å². The van der Waals surface area contributed by atoms with E-state index in [1.807, 2.05) is 0 Å². The first kappa shape index (κ1) is 17.4. The van der Waals surface area contributed by atoms with E-state index in [-0.39, 0.29) is 30.9 Å². The van der Waals surface area contributed by atoms with Gasteiger partial charge in [-0.05, 0) is 31.7 Å². The zero-order valence-corrected chi connectivity index (χ0v) is 12.8. The van der Waals surface area contributed by atoms with E-state index in [0.717, 1.165) is 25.7 Å². The van der Waals surface area contributed by atoms with Crippen molar-refractivity contribution in [1.29, 1.82) is 0 Å². The summed E-state index contributed by atoms with van der Waals surface area (Å²) < 4.78 is 46.9. The maximum atomic E-state index is 12.4. The van der Waals surface area contributed by atoms with Crippen molar-refractivity contribution in [1.82, 2.24) is 5.32 Å². The number of para-hydroxylation sites is 1. The third-order valence-electron chi connectivity index (χ3n) is 4.10. The van der Waals surface area contributed by atoms with Gasteiger partial charge in [0.25, 0.3) is 0 Å². The third-order valence-corrected chi connectivity index (χ3v) is 4.10. The standard InChI is InChI=1S/C15H18F3NO2.ClH/c16-15(17,18)21-14-4-2-1-3-10(14)9-20-13-7-11-5-6-12(8-13)19-11;/h1-4,11-13,19H,5-9H2;1H. The number of nitrogens with one attached hydrogen (secondary N) is 1. The monoisotopic (exact) mass is 337 g/mol. The number of hydrogen-bond donors (Lipinski definition) is 1. The van der Waals surface area contributed by atoms with E-state index in [0.29, 0.717) is 17.6 Å². The second kappa shape index (κ2) is 7.06. The molecule has 2 fully saturated rings. The zero-order chi connectivity index (χ0) is 14.9. The van der Waals surface area contributed by atoms with Crippen LogP contribution in [0.1, 0.15) is 31.2 Å². The van der Waals surface area contributed by atoms with Crippen molar-refractivity contribution in [2.45, 2.75) is 56.8 Å². The molecule has 0 amide bonds. The van der Waals surface area contributed by atoms with Crippen LogP contribution in [0.2, 0.25) is 0 Å². The summed E-state index contributed by atoms with van der Waals surface area (Å²) in [4.78, 5) is 0. The molecule has 3 nitrogen and oxygen atoms in total. The lowest BCUT2D eigenvalue weighted by Gasteiger charge is -2.29. The molecule has 1 N–H and O–H groups in total. The highest BCUT2D eigenvalue weighted by atomic mass is 35.5. The molecule has 2 saturated heterocycles. The lowest BCUT2D eigenvalue weighted by molar-refractivity contribution is -0.275. The quantitative estimate of drug-likeness (QED) is 0.906. The summed E-state index contributed by atoms with van der Waals surface area (Å²) in [6.45, 7) is 0.149. The molecule has 0 aliphatic carbocycles. The van der Waals surface area contributed by atoms with Gasteiger partial charge in [0.15, 0.2) is 0 Å². The van der Waals surface area contributed by atoms with Gasteiger partial charge in [-0.2, -0.15) is 0 Å². The van der Waals surface area contributed by atoms with Crippen molar-refractivity contribution in [3.63, 3.8) is 0 Å². The molecule has 1 aromatic carbocycles. The summed E-state index contributed by atoms with van der Waals surface area (Å²) >= 11 is 0. The molecule has 2 atom stereocenters. The van der Waals surface area contributed by atoms with Gasteiger partial charge in [-0.25, -0.2) is 0 Å². The van der Waals surface area contributed by atoms with Crippen LogP contribution in [0.5, 0.6) is 5.75 Å². The van der Waals surface area contributed by atoms with E-state index in [1.165, 1.54) is 12.1 Å². The Labute approximate surface area is 133 Å². The molecule has 0 radical (unpaired) electrons. The van der Waals surface area contributed by atoms with E-state index < -0.39 is 6.36 Å². The number of benzene rings is 1. The van der Waals surface area contributed by atoms with Crippen LogP contribution < -0.4 is 10.1 Å². The smallest absolute Gasteiger partial charge is 0.405 e. The van der Waals surface area contributed by atoms with Gasteiger partial charge >= 0.3 is 6.36 Å². The Kier molecular flexibility index (Phi) is 5.58. The minimum absolute atomic E-state index is 0. The molecule has 2 bridgehead atoms. The topological polar surface area (TPSA) is 30.5 Å². The first-order valence-electron chi connectivity index (χ1n) is 7.21. The molecule has 22 heavy (non-hydrogen) atoms. The number of alkyl halides is 3. The van der Waals surface area contributed by atoms with Gasteiger partial charge in [-0.15, -0.1) is 25.6 Å². The van der Waals surface area contributed by atoms with E-state index >= 15 is 0 Å². The number of piperidine rings is 1. The van der Waals surface area contributed by atoms with Crippen molar-refractivity contribution >= 4 is 12.4 Å². The van der Waals surface area contributed by atoms with E-state index in [1.54, 1.807) is 12.1 Å². The summed E-state index contributed by atoms with van der Waals surface area (Å²) in [5.41, 5.74) is 0.431. The summed E-state index contributed by atoms with van der Waals surface area (Å²) in [6.07, 6.45) is -0.374. The molecular weight excluding hydrogens is 319 g/mol. The minimum Gasteiger partial charge on any atom is -0.405 e. The molecule has 0 aromatic heterocycles. The van der Waals surface area contributed by atoms with E-state index in [9.17, 15) is 13.2 Å². The van der Waals surface area contributed by atoms with Crippen LogP contribution in [0.25, 0.3) is 0 Å². The largest absolute Gasteiger partial charge is 0.573 e. The van der Waals surface area contributed by atoms with Crippen molar-refractivity contribution < 1.29 is 22.6 Å². The SMILES string of the molecule is Cl.FC(F)(F)Oc1ccccc1COC1CC2CCC(C1)N2. The van der Waals surface area contributed by atoms with Gasteiger partial charge in [0.05, 0.1) is 12.7 Å². The molecule has 2 aliphatic heterocycles. The summed E-state index contributed by atoms with van der Waals surface area (Å²) in [7, 11) is 0. The Hall–Kier alpha value is -0.980. The summed E-state index contributed by atoms with van der Waals surface area (Å²) in [5, 5.41) is 3.51. The van der Waals surface area contributed by atoms with Crippen LogP contribution in [0, 0.1) is 0 Å². The fraction of sp³-hybridized carbons (Fsp3) is 0.600. The molecule has 2 aliphatic rings. The highest BCUT2D eigenvalue weighted by Crippen LogP contribution is 2.31. The molecule has 0 spiro atoms. The highest BCUT2D eigenvalue weighted by molar-refractivity contribution is 5.85. The zero-order valence-electron chi connectivity index (χ0n) is 11.9. The number of rotatable bonds is 4. The number of ether oxygens (including phenoxy) is 2. The Morgan fingerprint density at radius 2 is 1.73 bits per heavy atom. The Bertz CT molecular complexity index is 486. The summed E-state index contributed by atoms with van der Waals surface area (Å²) in [5.74, 6) is -0.179. The maximum absolute atomic E-state index is 12.4. The lowest BCUT2D eigenvalue weighted by Crippen LogP contribution is -2.41. The van der Waals surface area contributed by atoms with Gasteiger partial charge in [0, 0.05) is 17.6 Å². The minimum atomic E-state index is -4.68. The highest BCUT2D eigenvalue weighted by Gasteiger charge is 2.34. The third kappa shape index (κ3) is 4.51. The van der Waals surface area contributed by atoms with Gasteiger partial charge in [0.1, 0.15) is 5.75 Å². The van der Waals surface area contributed by atoms with Crippen molar-refractivity contribution in [2.24, 2.45) is 0 Å². The lowest BCUT2D eigenvalue weighted by atomic mass is 10.0. The summed E-state index contributed by atoms with van der Waals surface area (Å²) in [6, 6.07) is 7.13. The van der Waals surface area contributed by atoms with Crippen LogP contribution >= 0.6 is 12.4 Å². The molecule has 2 heterocycles. The molecule has 124 valence electrons. The van der Waals surface area contributed by atoms with Crippen LogP contribution in [0.15, 0.2) is 24.3 Å². The predicted molar refractivity (Wildman–Crippen MR) is 78.1 cm³/mol. The number of halogens is 4. The van der Waals surface area contributed by atoms with Gasteiger partial charge in [-0.3, -0.25) is 0 Å². The number of hydrogen-bond acceptors (Lipinski definition) is 3. The molecule has 2 unspecified atom stereocenters. The first-order valence-corrected chi connectivity index (χ1v) is 7.21. The van der Waals surface area contributed by atoms with Crippen LogP contribution in [0.4, 0.5) is 13.2 Å². The molecule has 1 aromatic rings. The van der Waals surface area contributed by atoms with Crippen LogP contribution in [0.3, 0.4) is 0 Å². The molecule has 3 rings (SSSR count). The second-order valence-electron chi connectivity index (χ2n) is 5.70. The average molecular weight is 338 g/mol. The van der Waals surface area contributed by atoms with Crippen molar-refractivity contribution in [3.8, 4) is 5.75 Å². The normalized spacial score (nSPS) is 27.3. The molecule has 0 saturated carbocycles. The van der Waals surface area contributed by atoms with E-state index in [2.05, 4.69) is 10.1 Å². The van der Waals surface area contributed by atoms with Gasteiger partial charge in [0.2, 0.25) is 0 Å².